The summed E-state index contributed by atoms with van der Waals surface area (Å²) in [6.07, 6.45) is 6.01. The van der Waals surface area contributed by atoms with E-state index in [9.17, 15) is 0 Å². The summed E-state index contributed by atoms with van der Waals surface area (Å²) in [6, 6.07) is 18.3. The van der Waals surface area contributed by atoms with Crippen molar-refractivity contribution in [3.05, 3.63) is 78.5 Å². The van der Waals surface area contributed by atoms with Gasteiger partial charge in [-0.25, -0.2) is 0 Å². The Kier molecular flexibility index (Phi) is 3.42. The highest BCUT2D eigenvalue weighted by Crippen LogP contribution is 2.27. The van der Waals surface area contributed by atoms with Gasteiger partial charge in [-0.05, 0) is 36.4 Å². The molecule has 1 heterocycles. The standard InChI is InChI=1S/C17H16N2O/c1-20-16-11-9-15(10-12-16)19-17(8-5-13-18-19)14-6-3-2-4-7-14/h2-13,18H,1H3. The van der Waals surface area contributed by atoms with Gasteiger partial charge in [0, 0.05) is 11.8 Å². The van der Waals surface area contributed by atoms with Gasteiger partial charge in [0.2, 0.25) is 0 Å². The molecule has 0 saturated carbocycles. The van der Waals surface area contributed by atoms with E-state index in [-0.39, 0.29) is 0 Å². The fourth-order valence-electron chi connectivity index (χ4n) is 2.18. The minimum absolute atomic E-state index is 0.853. The van der Waals surface area contributed by atoms with Gasteiger partial charge >= 0.3 is 0 Å². The lowest BCUT2D eigenvalue weighted by Crippen LogP contribution is -2.34. The summed E-state index contributed by atoms with van der Waals surface area (Å²) in [4.78, 5) is 0. The molecule has 0 amide bonds. The number of allylic oxidation sites excluding steroid dienone is 2. The zero-order valence-corrected chi connectivity index (χ0v) is 11.3. The molecule has 0 atom stereocenters. The molecule has 3 heteroatoms. The first-order valence-corrected chi connectivity index (χ1v) is 6.51. The van der Waals surface area contributed by atoms with Crippen molar-refractivity contribution in [3.8, 4) is 5.75 Å². The first-order valence-electron chi connectivity index (χ1n) is 6.51. The molecule has 20 heavy (non-hydrogen) atoms. The Hall–Kier alpha value is -2.68. The van der Waals surface area contributed by atoms with Crippen LogP contribution in [0.3, 0.4) is 0 Å². The first kappa shape index (κ1) is 12.4. The molecule has 2 aromatic rings. The number of nitrogens with one attached hydrogen (secondary N) is 1. The van der Waals surface area contributed by atoms with Gasteiger partial charge in [0.15, 0.2) is 0 Å². The van der Waals surface area contributed by atoms with Gasteiger partial charge in [0.1, 0.15) is 5.75 Å². The number of rotatable bonds is 3. The van der Waals surface area contributed by atoms with E-state index in [0.29, 0.717) is 0 Å². The van der Waals surface area contributed by atoms with Crippen molar-refractivity contribution in [1.29, 1.82) is 0 Å². The third-order valence-electron chi connectivity index (χ3n) is 3.20. The average Bonchev–Trinajstić information content (AvgIpc) is 2.56. The number of ether oxygens (including phenoxy) is 1. The fourth-order valence-corrected chi connectivity index (χ4v) is 2.18. The van der Waals surface area contributed by atoms with E-state index in [4.69, 9.17) is 4.74 Å². The second-order valence-electron chi connectivity index (χ2n) is 4.44. The van der Waals surface area contributed by atoms with Crippen LogP contribution in [0.15, 0.2) is 72.9 Å². The summed E-state index contributed by atoms with van der Waals surface area (Å²) in [5, 5.41) is 2.05. The van der Waals surface area contributed by atoms with Gasteiger partial charge in [-0.3, -0.25) is 5.01 Å². The molecule has 1 N–H and O–H groups in total. The van der Waals surface area contributed by atoms with Crippen molar-refractivity contribution in [2.45, 2.75) is 0 Å². The summed E-state index contributed by atoms with van der Waals surface area (Å²) >= 11 is 0. The van der Waals surface area contributed by atoms with E-state index in [1.54, 1.807) is 7.11 Å². The van der Waals surface area contributed by atoms with Crippen molar-refractivity contribution in [2.75, 3.05) is 12.1 Å². The van der Waals surface area contributed by atoms with Crippen molar-refractivity contribution in [3.63, 3.8) is 0 Å². The molecular weight excluding hydrogens is 248 g/mol. The number of hydrogen-bond donors (Lipinski definition) is 1. The molecule has 0 saturated heterocycles. The highest BCUT2D eigenvalue weighted by atomic mass is 16.5. The van der Waals surface area contributed by atoms with Crippen molar-refractivity contribution in [2.24, 2.45) is 0 Å². The SMILES string of the molecule is COc1ccc(N2NC=CC=C2c2ccccc2)cc1. The minimum atomic E-state index is 0.853. The van der Waals surface area contributed by atoms with Crippen LogP contribution in [-0.4, -0.2) is 7.11 Å². The summed E-state index contributed by atoms with van der Waals surface area (Å²) < 4.78 is 5.20. The molecule has 100 valence electrons. The van der Waals surface area contributed by atoms with Crippen molar-refractivity contribution >= 4 is 11.4 Å². The van der Waals surface area contributed by atoms with Crippen LogP contribution in [0.4, 0.5) is 5.69 Å². The van der Waals surface area contributed by atoms with Gasteiger partial charge < -0.3 is 10.2 Å². The molecule has 2 aromatic carbocycles. The lowest BCUT2D eigenvalue weighted by Gasteiger charge is -2.29. The quantitative estimate of drug-likeness (QED) is 0.917. The van der Waals surface area contributed by atoms with Crippen LogP contribution >= 0.6 is 0 Å². The molecule has 0 radical (unpaired) electrons. The van der Waals surface area contributed by atoms with Gasteiger partial charge in [-0.2, -0.15) is 0 Å². The summed E-state index contributed by atoms with van der Waals surface area (Å²) in [5.74, 6) is 0.853. The maximum atomic E-state index is 5.20. The highest BCUT2D eigenvalue weighted by Gasteiger charge is 2.14. The highest BCUT2D eigenvalue weighted by molar-refractivity contribution is 5.80. The molecular formula is C17H16N2O. The first-order chi connectivity index (χ1) is 9.88. The predicted octanol–water partition coefficient (Wildman–Crippen LogP) is 3.57. The number of hydrogen-bond acceptors (Lipinski definition) is 3. The molecule has 0 spiro atoms. The maximum absolute atomic E-state index is 5.20. The van der Waals surface area contributed by atoms with Crippen LogP contribution in [0.5, 0.6) is 5.75 Å². The summed E-state index contributed by atoms with van der Waals surface area (Å²) in [6.45, 7) is 0. The van der Waals surface area contributed by atoms with E-state index in [1.165, 1.54) is 5.56 Å². The minimum Gasteiger partial charge on any atom is -0.497 e. The predicted molar refractivity (Wildman–Crippen MR) is 82.2 cm³/mol. The molecule has 3 rings (SSSR count). The molecule has 0 unspecified atom stereocenters. The third kappa shape index (κ3) is 2.38. The van der Waals surface area contributed by atoms with Gasteiger partial charge in [0.05, 0.1) is 18.5 Å². The number of nitrogens with zero attached hydrogens (tertiary/aromatic N) is 1. The molecule has 0 bridgehead atoms. The van der Waals surface area contributed by atoms with Gasteiger partial charge in [-0.15, -0.1) is 0 Å². The van der Waals surface area contributed by atoms with E-state index in [2.05, 4.69) is 28.6 Å². The zero-order valence-electron chi connectivity index (χ0n) is 11.3. The fraction of sp³-hybridized carbons (Fsp3) is 0.0588. The van der Waals surface area contributed by atoms with E-state index >= 15 is 0 Å². The third-order valence-corrected chi connectivity index (χ3v) is 3.20. The van der Waals surface area contributed by atoms with Crippen LogP contribution in [0.25, 0.3) is 5.70 Å². The Balaban J connectivity index is 1.95. The number of benzene rings is 2. The van der Waals surface area contributed by atoms with Gasteiger partial charge in [-0.1, -0.05) is 30.3 Å². The maximum Gasteiger partial charge on any atom is 0.119 e. The Morgan fingerprint density at radius 2 is 1.70 bits per heavy atom. The molecule has 0 aromatic heterocycles. The molecule has 1 aliphatic heterocycles. The van der Waals surface area contributed by atoms with E-state index < -0.39 is 0 Å². The molecule has 3 nitrogen and oxygen atoms in total. The largest absolute Gasteiger partial charge is 0.497 e. The Labute approximate surface area is 118 Å². The summed E-state index contributed by atoms with van der Waals surface area (Å²) in [7, 11) is 1.67. The van der Waals surface area contributed by atoms with E-state index in [1.807, 2.05) is 54.7 Å². The van der Waals surface area contributed by atoms with Crippen LogP contribution in [-0.2, 0) is 0 Å². The normalized spacial score (nSPS) is 13.7. The number of methoxy groups -OCH3 is 1. The number of anilines is 1. The smallest absolute Gasteiger partial charge is 0.119 e. The van der Waals surface area contributed by atoms with Gasteiger partial charge in [0.25, 0.3) is 0 Å². The average molecular weight is 264 g/mol. The Morgan fingerprint density at radius 1 is 0.950 bits per heavy atom. The lowest BCUT2D eigenvalue weighted by atomic mass is 10.1. The van der Waals surface area contributed by atoms with Crippen LogP contribution < -0.4 is 15.2 Å². The van der Waals surface area contributed by atoms with E-state index in [0.717, 1.165) is 17.1 Å². The zero-order chi connectivity index (χ0) is 13.8. The monoisotopic (exact) mass is 264 g/mol. The molecule has 0 fully saturated rings. The summed E-state index contributed by atoms with van der Waals surface area (Å²) in [5.41, 5.74) is 6.60. The second kappa shape index (κ2) is 5.53. The Morgan fingerprint density at radius 3 is 2.40 bits per heavy atom. The number of hydrazine groups is 1. The Bertz CT molecular complexity index is 630. The topological polar surface area (TPSA) is 24.5 Å². The molecule has 1 aliphatic rings. The second-order valence-corrected chi connectivity index (χ2v) is 4.44. The van der Waals surface area contributed by atoms with Crippen molar-refractivity contribution < 1.29 is 4.74 Å². The van der Waals surface area contributed by atoms with Crippen molar-refractivity contribution in [1.82, 2.24) is 5.43 Å². The lowest BCUT2D eigenvalue weighted by molar-refractivity contribution is 0.415. The van der Waals surface area contributed by atoms with Crippen LogP contribution in [0, 0.1) is 0 Å². The van der Waals surface area contributed by atoms with Crippen LogP contribution in [0.1, 0.15) is 5.56 Å². The van der Waals surface area contributed by atoms with Crippen LogP contribution in [0.2, 0.25) is 0 Å². The molecule has 0 aliphatic carbocycles.